The van der Waals surface area contributed by atoms with Gasteiger partial charge in [-0.3, -0.25) is 14.5 Å². The molecule has 9 heteroatoms. The normalized spacial score (nSPS) is 18.1. The minimum atomic E-state index is -1.12. The maximum atomic E-state index is 13.3. The van der Waals surface area contributed by atoms with Crippen molar-refractivity contribution in [1.29, 1.82) is 0 Å². The molecule has 1 unspecified atom stereocenters. The maximum absolute atomic E-state index is 13.3. The first-order valence-electron chi connectivity index (χ1n) is 6.73. The Morgan fingerprint density at radius 1 is 1.35 bits per heavy atom. The molecule has 23 heavy (non-hydrogen) atoms. The molecule has 1 aromatic rings. The van der Waals surface area contributed by atoms with E-state index >= 15 is 0 Å². The summed E-state index contributed by atoms with van der Waals surface area (Å²) in [5.74, 6) is -3.40. The van der Waals surface area contributed by atoms with E-state index in [0.717, 1.165) is 12.1 Å². The number of carboxylic acids is 1. The molecule has 0 aromatic heterocycles. The van der Waals surface area contributed by atoms with Crippen LogP contribution < -0.4 is 5.32 Å². The van der Waals surface area contributed by atoms with Crippen LogP contribution >= 0.6 is 12.4 Å². The Morgan fingerprint density at radius 3 is 2.74 bits per heavy atom. The zero-order valence-corrected chi connectivity index (χ0v) is 12.9. The second kappa shape index (κ2) is 8.76. The zero-order valence-electron chi connectivity index (χ0n) is 12.1. The van der Waals surface area contributed by atoms with E-state index in [0.29, 0.717) is 25.3 Å². The quantitative estimate of drug-likeness (QED) is 0.827. The van der Waals surface area contributed by atoms with Crippen LogP contribution in [-0.4, -0.2) is 54.7 Å². The van der Waals surface area contributed by atoms with E-state index in [9.17, 15) is 18.4 Å². The molecule has 1 aliphatic rings. The van der Waals surface area contributed by atoms with Gasteiger partial charge in [0, 0.05) is 13.1 Å². The zero-order chi connectivity index (χ0) is 16.1. The molecule has 0 spiro atoms. The van der Waals surface area contributed by atoms with Gasteiger partial charge in [0.05, 0.1) is 19.3 Å². The van der Waals surface area contributed by atoms with E-state index in [2.05, 4.69) is 5.32 Å². The molecule has 2 N–H and O–H groups in total. The summed E-state index contributed by atoms with van der Waals surface area (Å²) in [5.41, 5.74) is 0.495. The van der Waals surface area contributed by atoms with Crippen molar-refractivity contribution in [2.75, 3.05) is 32.8 Å². The van der Waals surface area contributed by atoms with Gasteiger partial charge in [-0.25, -0.2) is 8.78 Å². The van der Waals surface area contributed by atoms with Crippen LogP contribution in [0.2, 0.25) is 0 Å². The van der Waals surface area contributed by atoms with Crippen molar-refractivity contribution in [2.24, 2.45) is 0 Å². The Hall–Kier alpha value is -1.77. The van der Waals surface area contributed by atoms with Gasteiger partial charge in [-0.1, -0.05) is 6.07 Å². The van der Waals surface area contributed by atoms with Crippen LogP contribution in [-0.2, 0) is 14.3 Å². The summed E-state index contributed by atoms with van der Waals surface area (Å²) >= 11 is 0. The number of aliphatic carboxylic acids is 1. The molecule has 1 amide bonds. The molecular formula is C14H17ClF2N2O4. The second-order valence-corrected chi connectivity index (χ2v) is 4.94. The van der Waals surface area contributed by atoms with E-state index in [1.54, 1.807) is 4.90 Å². The summed E-state index contributed by atoms with van der Waals surface area (Å²) in [4.78, 5) is 23.7. The second-order valence-electron chi connectivity index (χ2n) is 4.94. The lowest BCUT2D eigenvalue weighted by atomic mass is 10.1. The van der Waals surface area contributed by atoms with Crippen molar-refractivity contribution in [3.05, 3.63) is 35.4 Å². The summed E-state index contributed by atoms with van der Waals surface area (Å²) in [5, 5.41) is 10.8. The summed E-state index contributed by atoms with van der Waals surface area (Å²) in [6.07, 6.45) is -0.462. The Morgan fingerprint density at radius 2 is 2.09 bits per heavy atom. The summed E-state index contributed by atoms with van der Waals surface area (Å²) < 4.78 is 31.7. The van der Waals surface area contributed by atoms with Crippen LogP contribution in [0.25, 0.3) is 0 Å². The van der Waals surface area contributed by atoms with Crippen molar-refractivity contribution in [3.63, 3.8) is 0 Å². The van der Waals surface area contributed by atoms with Crippen LogP contribution in [0, 0.1) is 11.6 Å². The highest BCUT2D eigenvalue weighted by atomic mass is 35.5. The lowest BCUT2D eigenvalue weighted by Crippen LogP contribution is -2.45. The lowest BCUT2D eigenvalue weighted by Gasteiger charge is -2.32. The number of ether oxygens (including phenoxy) is 1. The largest absolute Gasteiger partial charge is 0.480 e. The molecule has 1 fully saturated rings. The summed E-state index contributed by atoms with van der Waals surface area (Å²) in [7, 11) is 0. The van der Waals surface area contributed by atoms with E-state index in [1.807, 2.05) is 0 Å². The maximum Gasteiger partial charge on any atom is 0.322 e. The number of hydrogen-bond donors (Lipinski definition) is 2. The van der Waals surface area contributed by atoms with Gasteiger partial charge >= 0.3 is 5.97 Å². The molecule has 6 nitrogen and oxygen atoms in total. The summed E-state index contributed by atoms with van der Waals surface area (Å²) in [6.45, 7) is 0.773. The predicted molar refractivity (Wildman–Crippen MR) is 79.4 cm³/mol. The third kappa shape index (κ3) is 5.74. The first-order chi connectivity index (χ1) is 10.5. The average molecular weight is 351 g/mol. The molecule has 0 saturated carbocycles. The summed E-state index contributed by atoms with van der Waals surface area (Å²) in [6, 6.07) is 3.55. The van der Waals surface area contributed by atoms with Gasteiger partial charge in [0.15, 0.2) is 11.6 Å². The fourth-order valence-electron chi connectivity index (χ4n) is 2.19. The Bertz CT molecular complexity index is 574. The fraction of sp³-hybridized carbons (Fsp3) is 0.429. The standard InChI is InChI=1S/C14H16F2N2O4.ClH/c15-10-2-1-9(5-11(10)16)12-7-18(3-4-22-12)8-13(19)17-6-14(20)21;/h1-2,5,12H,3-4,6-8H2,(H,17,19)(H,20,21);1H. The molecular weight excluding hydrogens is 334 g/mol. The van der Waals surface area contributed by atoms with Crippen LogP contribution in [0.3, 0.4) is 0 Å². The molecule has 1 saturated heterocycles. The molecule has 1 aromatic carbocycles. The number of rotatable bonds is 5. The van der Waals surface area contributed by atoms with E-state index in [4.69, 9.17) is 9.84 Å². The topological polar surface area (TPSA) is 78.9 Å². The van der Waals surface area contributed by atoms with E-state index in [1.165, 1.54) is 6.07 Å². The minimum Gasteiger partial charge on any atom is -0.480 e. The number of hydrogen-bond acceptors (Lipinski definition) is 4. The molecule has 128 valence electrons. The Balaban J connectivity index is 0.00000264. The molecule has 0 bridgehead atoms. The highest BCUT2D eigenvalue weighted by Crippen LogP contribution is 2.23. The molecule has 2 rings (SSSR count). The van der Waals surface area contributed by atoms with Gasteiger partial charge in [-0.15, -0.1) is 12.4 Å². The van der Waals surface area contributed by atoms with Crippen molar-refractivity contribution < 1.29 is 28.2 Å². The number of carbonyl (C=O) groups is 2. The molecule has 1 aliphatic heterocycles. The number of carboxylic acid groups (broad SMARTS) is 1. The van der Waals surface area contributed by atoms with Gasteiger partial charge in [0.1, 0.15) is 6.54 Å². The van der Waals surface area contributed by atoms with Crippen LogP contribution in [0.1, 0.15) is 11.7 Å². The number of morpholine rings is 1. The molecule has 0 radical (unpaired) electrons. The van der Waals surface area contributed by atoms with Crippen molar-refractivity contribution >= 4 is 24.3 Å². The smallest absolute Gasteiger partial charge is 0.322 e. The Kier molecular flexibility index (Phi) is 7.34. The van der Waals surface area contributed by atoms with E-state index < -0.39 is 36.2 Å². The fourth-order valence-corrected chi connectivity index (χ4v) is 2.19. The SMILES string of the molecule is Cl.O=C(O)CNC(=O)CN1CCOC(c2ccc(F)c(F)c2)C1. The molecule has 0 aliphatic carbocycles. The van der Waals surface area contributed by atoms with Gasteiger partial charge < -0.3 is 15.2 Å². The number of nitrogens with zero attached hydrogens (tertiary/aromatic N) is 1. The van der Waals surface area contributed by atoms with Crippen LogP contribution in [0.5, 0.6) is 0 Å². The monoisotopic (exact) mass is 350 g/mol. The van der Waals surface area contributed by atoms with Gasteiger partial charge in [-0.2, -0.15) is 0 Å². The number of nitrogens with one attached hydrogen (secondary N) is 1. The number of benzene rings is 1. The first-order valence-corrected chi connectivity index (χ1v) is 6.73. The predicted octanol–water partition coefficient (Wildman–Crippen LogP) is 0.961. The van der Waals surface area contributed by atoms with Crippen molar-refractivity contribution in [1.82, 2.24) is 10.2 Å². The first kappa shape index (κ1) is 19.3. The number of amides is 1. The Labute approximate surface area is 137 Å². The number of halogens is 3. The van der Waals surface area contributed by atoms with Gasteiger partial charge in [-0.05, 0) is 17.7 Å². The number of carbonyl (C=O) groups excluding carboxylic acids is 1. The molecule has 1 atom stereocenters. The van der Waals surface area contributed by atoms with Gasteiger partial charge in [0.25, 0.3) is 0 Å². The molecule has 1 heterocycles. The van der Waals surface area contributed by atoms with Crippen LogP contribution in [0.4, 0.5) is 8.78 Å². The van der Waals surface area contributed by atoms with Crippen LogP contribution in [0.15, 0.2) is 18.2 Å². The average Bonchev–Trinajstić information content (AvgIpc) is 2.48. The highest BCUT2D eigenvalue weighted by Gasteiger charge is 2.24. The highest BCUT2D eigenvalue weighted by molar-refractivity contribution is 5.85. The third-order valence-corrected chi connectivity index (χ3v) is 3.27. The van der Waals surface area contributed by atoms with Gasteiger partial charge in [0.2, 0.25) is 5.91 Å². The van der Waals surface area contributed by atoms with Crippen molar-refractivity contribution in [3.8, 4) is 0 Å². The lowest BCUT2D eigenvalue weighted by molar-refractivity contribution is -0.138. The minimum absolute atomic E-state index is 0. The third-order valence-electron chi connectivity index (χ3n) is 3.27. The van der Waals surface area contributed by atoms with Crippen molar-refractivity contribution in [2.45, 2.75) is 6.10 Å². The van der Waals surface area contributed by atoms with E-state index in [-0.39, 0.29) is 19.0 Å².